The van der Waals surface area contributed by atoms with Crippen LogP contribution < -0.4 is 10.6 Å². The first-order valence-electron chi connectivity index (χ1n) is 5.20. The molecule has 1 fully saturated rings. The van der Waals surface area contributed by atoms with E-state index in [0.717, 1.165) is 19.8 Å². The fourth-order valence-electron chi connectivity index (χ4n) is 2.19. The van der Waals surface area contributed by atoms with Crippen LogP contribution in [0.25, 0.3) is 0 Å². The van der Waals surface area contributed by atoms with E-state index in [4.69, 9.17) is 4.74 Å². The van der Waals surface area contributed by atoms with Crippen LogP contribution in [0.3, 0.4) is 0 Å². The Labute approximate surface area is 103 Å². The zero-order chi connectivity index (χ0) is 10.3. The van der Waals surface area contributed by atoms with Gasteiger partial charge in [-0.1, -0.05) is 0 Å². The molecule has 0 aliphatic carbocycles. The summed E-state index contributed by atoms with van der Waals surface area (Å²) in [5, 5.41) is 7.05. The van der Waals surface area contributed by atoms with Crippen molar-refractivity contribution in [2.45, 2.75) is 6.04 Å². The lowest BCUT2D eigenvalue weighted by molar-refractivity contribution is 0.186. The SMILES string of the molecule is Ic1ccc2c(c1)NCC1COCC1N2. The van der Waals surface area contributed by atoms with Crippen LogP contribution in [0.15, 0.2) is 18.2 Å². The summed E-state index contributed by atoms with van der Waals surface area (Å²) in [4.78, 5) is 0. The van der Waals surface area contributed by atoms with Crippen molar-refractivity contribution in [1.29, 1.82) is 0 Å². The molecule has 0 bridgehead atoms. The Hall–Kier alpha value is -0.490. The van der Waals surface area contributed by atoms with Gasteiger partial charge in [0.1, 0.15) is 0 Å². The molecule has 1 aromatic rings. The Bertz CT molecular complexity index is 383. The van der Waals surface area contributed by atoms with E-state index in [0.29, 0.717) is 12.0 Å². The van der Waals surface area contributed by atoms with Crippen LogP contribution in [0.4, 0.5) is 11.4 Å². The quantitative estimate of drug-likeness (QED) is 0.720. The number of halogens is 1. The minimum Gasteiger partial charge on any atom is -0.383 e. The van der Waals surface area contributed by atoms with E-state index in [1.165, 1.54) is 14.9 Å². The van der Waals surface area contributed by atoms with Gasteiger partial charge in [0.15, 0.2) is 0 Å². The maximum Gasteiger partial charge on any atom is 0.0672 e. The summed E-state index contributed by atoms with van der Waals surface area (Å²) in [6.07, 6.45) is 0. The molecule has 2 N–H and O–H groups in total. The molecule has 2 aliphatic rings. The minimum absolute atomic E-state index is 0.471. The number of ether oxygens (including phenoxy) is 1. The van der Waals surface area contributed by atoms with Gasteiger partial charge in [0.05, 0.1) is 30.6 Å². The Morgan fingerprint density at radius 1 is 1.27 bits per heavy atom. The van der Waals surface area contributed by atoms with Crippen LogP contribution in [0.2, 0.25) is 0 Å². The Morgan fingerprint density at radius 2 is 2.20 bits per heavy atom. The first-order valence-corrected chi connectivity index (χ1v) is 6.28. The molecule has 1 aromatic carbocycles. The summed E-state index contributed by atoms with van der Waals surface area (Å²) in [6.45, 7) is 2.71. The molecule has 3 rings (SSSR count). The summed E-state index contributed by atoms with van der Waals surface area (Å²) in [6, 6.07) is 6.93. The van der Waals surface area contributed by atoms with E-state index in [-0.39, 0.29) is 0 Å². The van der Waals surface area contributed by atoms with Gasteiger partial charge in [-0.2, -0.15) is 0 Å². The van der Waals surface area contributed by atoms with Crippen LogP contribution >= 0.6 is 22.6 Å². The molecule has 0 aromatic heterocycles. The first kappa shape index (κ1) is 9.72. The zero-order valence-corrected chi connectivity index (χ0v) is 10.5. The lowest BCUT2D eigenvalue weighted by Gasteiger charge is -2.15. The highest BCUT2D eigenvalue weighted by molar-refractivity contribution is 14.1. The monoisotopic (exact) mass is 316 g/mol. The van der Waals surface area contributed by atoms with E-state index in [2.05, 4.69) is 51.4 Å². The highest BCUT2D eigenvalue weighted by Crippen LogP contribution is 2.30. The van der Waals surface area contributed by atoms with Crippen molar-refractivity contribution in [3.05, 3.63) is 21.8 Å². The van der Waals surface area contributed by atoms with Gasteiger partial charge in [0, 0.05) is 16.0 Å². The summed E-state index contributed by atoms with van der Waals surface area (Å²) in [5.41, 5.74) is 2.42. The molecule has 0 radical (unpaired) electrons. The van der Waals surface area contributed by atoms with Gasteiger partial charge in [-0.15, -0.1) is 0 Å². The number of benzene rings is 1. The summed E-state index contributed by atoms with van der Waals surface area (Å²) in [5.74, 6) is 0.593. The maximum absolute atomic E-state index is 5.48. The third-order valence-electron chi connectivity index (χ3n) is 3.08. The molecule has 0 saturated carbocycles. The van der Waals surface area contributed by atoms with Crippen molar-refractivity contribution < 1.29 is 4.74 Å². The van der Waals surface area contributed by atoms with Gasteiger partial charge in [0.25, 0.3) is 0 Å². The van der Waals surface area contributed by atoms with Crippen molar-refractivity contribution in [2.75, 3.05) is 30.4 Å². The zero-order valence-electron chi connectivity index (χ0n) is 8.29. The third-order valence-corrected chi connectivity index (χ3v) is 3.75. The second-order valence-corrected chi connectivity index (χ2v) is 5.36. The topological polar surface area (TPSA) is 33.3 Å². The Morgan fingerprint density at radius 3 is 3.13 bits per heavy atom. The van der Waals surface area contributed by atoms with E-state index in [9.17, 15) is 0 Å². The van der Waals surface area contributed by atoms with Crippen LogP contribution in [-0.2, 0) is 4.74 Å². The Kier molecular flexibility index (Phi) is 2.48. The van der Waals surface area contributed by atoms with Gasteiger partial charge in [-0.3, -0.25) is 0 Å². The average molecular weight is 316 g/mol. The van der Waals surface area contributed by atoms with Gasteiger partial charge < -0.3 is 15.4 Å². The predicted octanol–water partition coefficient (Wildman–Crippen LogP) is 2.14. The molecule has 2 unspecified atom stereocenters. The molecule has 1 saturated heterocycles. The highest BCUT2D eigenvalue weighted by atomic mass is 127. The smallest absolute Gasteiger partial charge is 0.0672 e. The normalized spacial score (nSPS) is 28.3. The minimum atomic E-state index is 0.471. The second kappa shape index (κ2) is 3.83. The standard InChI is InChI=1S/C11H13IN2O/c12-8-1-2-9-10(3-8)13-4-7-5-15-6-11(7)14-9/h1-3,7,11,13-14H,4-6H2. The van der Waals surface area contributed by atoms with Gasteiger partial charge >= 0.3 is 0 Å². The molecular weight excluding hydrogens is 303 g/mol. The number of fused-ring (bicyclic) bond motifs is 2. The van der Waals surface area contributed by atoms with Crippen LogP contribution in [-0.4, -0.2) is 25.8 Å². The molecular formula is C11H13IN2O. The lowest BCUT2D eigenvalue weighted by atomic mass is 10.0. The number of rotatable bonds is 0. The maximum atomic E-state index is 5.48. The Balaban J connectivity index is 1.93. The number of hydrogen-bond donors (Lipinski definition) is 2. The molecule has 80 valence electrons. The molecule has 2 atom stereocenters. The summed E-state index contributed by atoms with van der Waals surface area (Å²) < 4.78 is 6.75. The molecule has 3 nitrogen and oxygen atoms in total. The van der Waals surface area contributed by atoms with E-state index < -0.39 is 0 Å². The van der Waals surface area contributed by atoms with E-state index in [1.807, 2.05) is 0 Å². The number of anilines is 2. The summed E-state index contributed by atoms with van der Waals surface area (Å²) in [7, 11) is 0. The molecule has 2 aliphatic heterocycles. The molecule has 2 heterocycles. The third kappa shape index (κ3) is 1.80. The van der Waals surface area contributed by atoms with Crippen molar-refractivity contribution in [1.82, 2.24) is 0 Å². The fourth-order valence-corrected chi connectivity index (χ4v) is 2.68. The fraction of sp³-hybridized carbons (Fsp3) is 0.455. The first-order chi connectivity index (χ1) is 7.33. The molecule has 4 heteroatoms. The molecule has 15 heavy (non-hydrogen) atoms. The van der Waals surface area contributed by atoms with E-state index in [1.54, 1.807) is 0 Å². The predicted molar refractivity (Wildman–Crippen MR) is 69.4 cm³/mol. The van der Waals surface area contributed by atoms with Gasteiger partial charge in [-0.25, -0.2) is 0 Å². The van der Waals surface area contributed by atoms with Crippen LogP contribution in [0.5, 0.6) is 0 Å². The van der Waals surface area contributed by atoms with Crippen molar-refractivity contribution in [3.8, 4) is 0 Å². The number of hydrogen-bond acceptors (Lipinski definition) is 3. The second-order valence-electron chi connectivity index (χ2n) is 4.12. The lowest BCUT2D eigenvalue weighted by Crippen LogP contribution is -2.29. The van der Waals surface area contributed by atoms with E-state index >= 15 is 0 Å². The largest absolute Gasteiger partial charge is 0.383 e. The van der Waals surface area contributed by atoms with Crippen molar-refractivity contribution >= 4 is 34.0 Å². The average Bonchev–Trinajstić information content (AvgIpc) is 2.59. The van der Waals surface area contributed by atoms with Crippen molar-refractivity contribution in [2.24, 2.45) is 5.92 Å². The molecule has 0 spiro atoms. The summed E-state index contributed by atoms with van der Waals surface area (Å²) >= 11 is 2.34. The van der Waals surface area contributed by atoms with Gasteiger partial charge in [0.2, 0.25) is 0 Å². The number of nitrogens with one attached hydrogen (secondary N) is 2. The molecule has 0 amide bonds. The highest BCUT2D eigenvalue weighted by Gasteiger charge is 2.30. The van der Waals surface area contributed by atoms with Crippen LogP contribution in [0, 0.1) is 9.49 Å². The van der Waals surface area contributed by atoms with Gasteiger partial charge in [-0.05, 0) is 40.8 Å². The van der Waals surface area contributed by atoms with Crippen molar-refractivity contribution in [3.63, 3.8) is 0 Å². The van der Waals surface area contributed by atoms with Crippen LogP contribution in [0.1, 0.15) is 0 Å².